The first kappa shape index (κ1) is 10.2. The molecule has 62 valence electrons. The molecule has 0 unspecified atom stereocenters. The third kappa shape index (κ3) is 1.85. The van der Waals surface area contributed by atoms with Crippen molar-refractivity contribution >= 4 is 8.80 Å². The van der Waals surface area contributed by atoms with Gasteiger partial charge in [-0.2, -0.15) is 0 Å². The van der Waals surface area contributed by atoms with Gasteiger partial charge in [0.05, 0.1) is 0 Å². The SMILES string of the molecule is C[SiH](C)C(C)(C)C(C)(C)C. The maximum atomic E-state index is 2.44. The topological polar surface area (TPSA) is 0 Å². The molecule has 0 atom stereocenters. The highest BCUT2D eigenvalue weighted by Crippen LogP contribution is 2.46. The highest BCUT2D eigenvalue weighted by molar-refractivity contribution is 6.59. The lowest BCUT2D eigenvalue weighted by molar-refractivity contribution is 0.295. The second kappa shape index (κ2) is 2.69. The van der Waals surface area contributed by atoms with E-state index in [1.54, 1.807) is 0 Å². The number of rotatable bonds is 1. The minimum atomic E-state index is -0.505. The lowest BCUT2D eigenvalue weighted by atomic mass is 9.82. The molecule has 1 heteroatoms. The Labute approximate surface area is 67.6 Å². The van der Waals surface area contributed by atoms with Gasteiger partial charge in [-0.25, -0.2) is 0 Å². The van der Waals surface area contributed by atoms with Crippen molar-refractivity contribution in [1.82, 2.24) is 0 Å². The Kier molecular flexibility index (Phi) is 2.75. The maximum absolute atomic E-state index is 2.44. The minimum Gasteiger partial charge on any atom is -0.0718 e. The van der Waals surface area contributed by atoms with E-state index in [4.69, 9.17) is 0 Å². The van der Waals surface area contributed by atoms with Gasteiger partial charge in [-0.3, -0.25) is 0 Å². The zero-order valence-electron chi connectivity index (χ0n) is 8.58. The van der Waals surface area contributed by atoms with Crippen molar-refractivity contribution < 1.29 is 0 Å². The zero-order valence-corrected chi connectivity index (χ0v) is 9.73. The predicted molar refractivity (Wildman–Crippen MR) is 52.4 cm³/mol. The summed E-state index contributed by atoms with van der Waals surface area (Å²) in [6, 6.07) is 0. The molecule has 0 aromatic carbocycles. The van der Waals surface area contributed by atoms with Crippen LogP contribution in [0, 0.1) is 5.41 Å². The Morgan fingerprint density at radius 2 is 1.10 bits per heavy atom. The number of hydrogen-bond donors (Lipinski definition) is 0. The molecule has 10 heavy (non-hydrogen) atoms. The molecular weight excluding hydrogens is 136 g/mol. The lowest BCUT2D eigenvalue weighted by Gasteiger charge is -2.41. The van der Waals surface area contributed by atoms with Crippen LogP contribution >= 0.6 is 0 Å². The lowest BCUT2D eigenvalue weighted by Crippen LogP contribution is -2.33. The van der Waals surface area contributed by atoms with Gasteiger partial charge in [-0.1, -0.05) is 47.7 Å². The zero-order chi connectivity index (χ0) is 8.58. The molecule has 0 amide bonds. The summed E-state index contributed by atoms with van der Waals surface area (Å²) >= 11 is 0. The van der Waals surface area contributed by atoms with Crippen LogP contribution in [0.2, 0.25) is 18.1 Å². The molecule has 0 heterocycles. The summed E-state index contributed by atoms with van der Waals surface area (Å²) in [4.78, 5) is 0. The first-order chi connectivity index (χ1) is 4.19. The molecule has 0 aliphatic heterocycles. The van der Waals surface area contributed by atoms with E-state index in [9.17, 15) is 0 Å². The van der Waals surface area contributed by atoms with E-state index in [0.29, 0.717) is 10.5 Å². The Hall–Kier alpha value is 0.217. The van der Waals surface area contributed by atoms with E-state index in [0.717, 1.165) is 0 Å². The summed E-state index contributed by atoms with van der Waals surface area (Å²) in [6.45, 7) is 16.7. The van der Waals surface area contributed by atoms with Gasteiger partial charge in [0.1, 0.15) is 0 Å². The molecule has 0 nitrogen and oxygen atoms in total. The predicted octanol–water partition coefficient (Wildman–Crippen LogP) is 3.30. The molecule has 0 aliphatic carbocycles. The first-order valence-electron chi connectivity index (χ1n) is 4.19. The molecule has 0 radical (unpaired) electrons. The molecule has 0 bridgehead atoms. The fourth-order valence-corrected chi connectivity index (χ4v) is 2.60. The first-order valence-corrected chi connectivity index (χ1v) is 7.08. The maximum Gasteiger partial charge on any atom is 0.0371 e. The summed E-state index contributed by atoms with van der Waals surface area (Å²) in [5.74, 6) is 0. The van der Waals surface area contributed by atoms with E-state index in [1.165, 1.54) is 0 Å². The second-order valence-electron chi connectivity index (χ2n) is 5.13. The molecule has 0 saturated carbocycles. The molecular formula is C9H22Si. The van der Waals surface area contributed by atoms with Gasteiger partial charge < -0.3 is 0 Å². The van der Waals surface area contributed by atoms with Crippen molar-refractivity contribution in [3.05, 3.63) is 0 Å². The third-order valence-electron chi connectivity index (χ3n) is 3.38. The van der Waals surface area contributed by atoms with Gasteiger partial charge in [0, 0.05) is 8.80 Å². The van der Waals surface area contributed by atoms with Crippen LogP contribution in [-0.2, 0) is 0 Å². The van der Waals surface area contributed by atoms with Crippen LogP contribution in [0.4, 0.5) is 0 Å². The summed E-state index contributed by atoms with van der Waals surface area (Å²) in [6.07, 6.45) is 0. The fraction of sp³-hybridized carbons (Fsp3) is 1.00. The van der Waals surface area contributed by atoms with Crippen molar-refractivity contribution in [3.63, 3.8) is 0 Å². The fourth-order valence-electron chi connectivity index (χ4n) is 0.866. The molecule has 0 rings (SSSR count). The van der Waals surface area contributed by atoms with E-state index in [1.807, 2.05) is 0 Å². The van der Waals surface area contributed by atoms with Crippen LogP contribution in [-0.4, -0.2) is 8.80 Å². The van der Waals surface area contributed by atoms with E-state index in [2.05, 4.69) is 47.7 Å². The van der Waals surface area contributed by atoms with Crippen molar-refractivity contribution in [1.29, 1.82) is 0 Å². The molecule has 0 N–H and O–H groups in total. The van der Waals surface area contributed by atoms with Crippen molar-refractivity contribution in [3.8, 4) is 0 Å². The van der Waals surface area contributed by atoms with Crippen LogP contribution in [0.5, 0.6) is 0 Å². The minimum absolute atomic E-state index is 0.480. The van der Waals surface area contributed by atoms with E-state index < -0.39 is 8.80 Å². The second-order valence-corrected chi connectivity index (χ2v) is 8.88. The van der Waals surface area contributed by atoms with Gasteiger partial charge in [-0.15, -0.1) is 0 Å². The average molecular weight is 158 g/mol. The van der Waals surface area contributed by atoms with Crippen LogP contribution in [0.25, 0.3) is 0 Å². The smallest absolute Gasteiger partial charge is 0.0371 e. The largest absolute Gasteiger partial charge is 0.0718 e. The van der Waals surface area contributed by atoms with Crippen molar-refractivity contribution in [2.24, 2.45) is 5.41 Å². The Bertz CT molecular complexity index is 106. The monoisotopic (exact) mass is 158 g/mol. The molecule has 0 saturated heterocycles. The highest BCUT2D eigenvalue weighted by atomic mass is 28.3. The molecule has 0 fully saturated rings. The molecule has 0 aromatic heterocycles. The molecule has 0 aromatic rings. The summed E-state index contributed by atoms with van der Waals surface area (Å²) in [7, 11) is -0.505. The third-order valence-corrected chi connectivity index (χ3v) is 7.13. The van der Waals surface area contributed by atoms with Gasteiger partial charge in [-0.05, 0) is 10.5 Å². The highest BCUT2D eigenvalue weighted by Gasteiger charge is 2.35. The normalized spacial score (nSPS) is 14.4. The Morgan fingerprint density at radius 3 is 1.10 bits per heavy atom. The van der Waals surface area contributed by atoms with Crippen LogP contribution in [0.1, 0.15) is 34.6 Å². The van der Waals surface area contributed by atoms with E-state index in [-0.39, 0.29) is 0 Å². The summed E-state index contributed by atoms with van der Waals surface area (Å²) in [5.41, 5.74) is 0.480. The van der Waals surface area contributed by atoms with Gasteiger partial charge >= 0.3 is 0 Å². The Balaban J connectivity index is 4.40. The quantitative estimate of drug-likeness (QED) is 0.514. The Morgan fingerprint density at radius 1 is 0.800 bits per heavy atom. The molecule has 0 spiro atoms. The van der Waals surface area contributed by atoms with Crippen LogP contribution in [0.3, 0.4) is 0 Å². The van der Waals surface area contributed by atoms with Crippen molar-refractivity contribution in [2.75, 3.05) is 0 Å². The van der Waals surface area contributed by atoms with Crippen LogP contribution in [0.15, 0.2) is 0 Å². The summed E-state index contributed by atoms with van der Waals surface area (Å²) in [5, 5.41) is 0.576. The average Bonchev–Trinajstić information content (AvgIpc) is 1.62. The standard InChI is InChI=1S/C9H22Si/c1-8(2,3)9(4,5)10(6)7/h10H,1-7H3. The van der Waals surface area contributed by atoms with Crippen molar-refractivity contribution in [2.45, 2.75) is 52.8 Å². The molecule has 0 aliphatic rings. The number of hydrogen-bond acceptors (Lipinski definition) is 0. The van der Waals surface area contributed by atoms with Crippen LogP contribution < -0.4 is 0 Å². The van der Waals surface area contributed by atoms with Gasteiger partial charge in [0.25, 0.3) is 0 Å². The van der Waals surface area contributed by atoms with E-state index >= 15 is 0 Å². The summed E-state index contributed by atoms with van der Waals surface area (Å²) < 4.78 is 0. The van der Waals surface area contributed by atoms with Gasteiger partial charge in [0.2, 0.25) is 0 Å². The van der Waals surface area contributed by atoms with Gasteiger partial charge in [0.15, 0.2) is 0 Å².